The Morgan fingerprint density at radius 2 is 1.05 bits per heavy atom. The van der Waals surface area contributed by atoms with Gasteiger partial charge in [-0.25, -0.2) is 15.0 Å². The number of nitrogens with zero attached hydrogens (tertiary/aromatic N) is 7. The van der Waals surface area contributed by atoms with Crippen LogP contribution in [0.1, 0.15) is 44.3 Å². The van der Waals surface area contributed by atoms with Crippen molar-refractivity contribution in [2.45, 2.75) is 25.0 Å². The van der Waals surface area contributed by atoms with Gasteiger partial charge < -0.3 is 79.4 Å². The highest BCUT2D eigenvalue weighted by molar-refractivity contribution is 6.69. The van der Waals surface area contributed by atoms with Crippen molar-refractivity contribution in [3.8, 4) is 45.1 Å². The molecule has 11 rings (SSSR count). The minimum atomic E-state index is -0.585. The van der Waals surface area contributed by atoms with E-state index in [0.717, 1.165) is 88.3 Å². The first-order valence-corrected chi connectivity index (χ1v) is 27.5. The molecule has 0 aliphatic carbocycles. The zero-order valence-corrected chi connectivity index (χ0v) is 48.0. The standard InChI is InChI=1S/C21H18B2ClN5O5.C19H18ClN5O3.C16H10BClFN4O3/c24-16-3-1-13(7-17(16)26-20(32)18-10-33-21(27-18)28-22-11-30)14-2-4-19(25-8-14)34-15-5-6-29(9-15)23-12-31;20-14-3-1-11(7-15(14)24-18(26)16-10-27-19(21)25-16)12-2-4-17(23-8-12)28-13-5-6-22-9-13;18-11-3-1-9(10-2-4-14(19)20-6-10)5-12(11)21-15(25)13-7-26-16(22-13)23-17-8-24/h1-4,7-8,10-12,15H,5-6,9H2,(H,26,32)(H,27,28);1-4,7-8,10,13,22H,5-6,9H2,(H2,21,25)(H,24,26);1-8H,(H,21,25)(H,22,23). The fourth-order valence-electron chi connectivity index (χ4n) is 8.38. The van der Waals surface area contributed by atoms with Crippen LogP contribution in [-0.2, 0) is 14.4 Å². The molecular weight excluding hydrogens is 1200 g/mol. The van der Waals surface area contributed by atoms with Crippen molar-refractivity contribution in [1.82, 2.24) is 40.0 Å². The van der Waals surface area contributed by atoms with Crippen molar-refractivity contribution in [1.29, 1.82) is 0 Å². The molecule has 2 aliphatic heterocycles. The van der Waals surface area contributed by atoms with Crippen LogP contribution in [0.25, 0.3) is 33.4 Å². The molecule has 2 saturated heterocycles. The first-order valence-electron chi connectivity index (χ1n) is 26.3. The third kappa shape index (κ3) is 17.4. The van der Waals surface area contributed by atoms with Gasteiger partial charge in [-0.15, -0.1) is 0 Å². The van der Waals surface area contributed by atoms with Crippen LogP contribution in [0.2, 0.25) is 15.1 Å². The van der Waals surface area contributed by atoms with Crippen molar-refractivity contribution < 1.29 is 55.9 Å². The lowest BCUT2D eigenvalue weighted by molar-refractivity contribution is 0.101. The van der Waals surface area contributed by atoms with Crippen LogP contribution in [-0.4, -0.2) is 132 Å². The number of hydrogen-bond donors (Lipinski definition) is 7. The molecule has 443 valence electrons. The number of rotatable bonds is 21. The number of carbonyl (C=O) groups excluding carboxylic acids is 6. The largest absolute Gasteiger partial charge is 0.473 e. The first kappa shape index (κ1) is 62.6. The number of hydrogen-bond acceptors (Lipinski definition) is 22. The first-order chi connectivity index (χ1) is 42.7. The number of nitrogen functional groups attached to an aromatic ring is 1. The summed E-state index contributed by atoms with van der Waals surface area (Å²) in [5.41, 5.74) is 11.3. The summed E-state index contributed by atoms with van der Waals surface area (Å²) in [6.07, 6.45) is 12.0. The van der Waals surface area contributed by atoms with Gasteiger partial charge >= 0.3 is 14.8 Å². The van der Waals surface area contributed by atoms with Gasteiger partial charge in [-0.05, 0) is 103 Å². The number of aromatic nitrogens is 6. The van der Waals surface area contributed by atoms with E-state index < -0.39 is 23.7 Å². The summed E-state index contributed by atoms with van der Waals surface area (Å²) in [6.45, 7) is 3.20. The summed E-state index contributed by atoms with van der Waals surface area (Å²) < 4.78 is 39.6. The van der Waals surface area contributed by atoms with E-state index in [2.05, 4.69) is 61.6 Å². The Labute approximate surface area is 516 Å². The van der Waals surface area contributed by atoms with E-state index in [4.69, 9.17) is 63.3 Å². The Hall–Kier alpha value is -9.93. The Balaban J connectivity index is 0.000000159. The molecule has 2 unspecified atom stereocenters. The van der Waals surface area contributed by atoms with E-state index in [0.29, 0.717) is 73.9 Å². The summed E-state index contributed by atoms with van der Waals surface area (Å²) >= 11 is 18.6. The maximum Gasteiger partial charge on any atom is 0.329 e. The van der Waals surface area contributed by atoms with E-state index in [1.165, 1.54) is 25.9 Å². The fraction of sp³-hybridized carbons (Fsp3) is 0.143. The van der Waals surface area contributed by atoms with Crippen LogP contribution in [0.5, 0.6) is 11.8 Å². The Kier molecular flexibility index (Phi) is 21.6. The maximum absolute atomic E-state index is 13.0. The highest BCUT2D eigenvalue weighted by atomic mass is 35.5. The maximum atomic E-state index is 13.0. The van der Waals surface area contributed by atoms with Gasteiger partial charge in [0.2, 0.25) is 17.7 Å². The van der Waals surface area contributed by atoms with Gasteiger partial charge in [0, 0.05) is 60.5 Å². The van der Waals surface area contributed by atoms with Gasteiger partial charge in [-0.2, -0.15) is 19.3 Å². The summed E-state index contributed by atoms with van der Waals surface area (Å²) in [6, 6.07) is 25.6. The number of nitrogens with two attached hydrogens (primary N) is 1. The second kappa shape index (κ2) is 30.4. The van der Waals surface area contributed by atoms with Gasteiger partial charge in [0.25, 0.3) is 43.2 Å². The number of anilines is 6. The van der Waals surface area contributed by atoms with E-state index >= 15 is 0 Å². The molecular formula is C56H46B3Cl3FN14O11. The Morgan fingerprint density at radius 3 is 1.45 bits per heavy atom. The molecule has 88 heavy (non-hydrogen) atoms. The van der Waals surface area contributed by atoms with Crippen LogP contribution in [0.15, 0.2) is 142 Å². The number of carbonyl (C=O) groups is 6. The van der Waals surface area contributed by atoms with E-state index in [9.17, 15) is 33.2 Å². The summed E-state index contributed by atoms with van der Waals surface area (Å²) in [5, 5.41) is 17.3. The monoisotopic (exact) mass is 1250 g/mol. The lowest BCUT2D eigenvalue weighted by Crippen LogP contribution is -2.29. The van der Waals surface area contributed by atoms with Gasteiger partial charge in [0.15, 0.2) is 17.1 Å². The highest BCUT2D eigenvalue weighted by Gasteiger charge is 2.25. The third-order valence-electron chi connectivity index (χ3n) is 12.7. The molecule has 25 nitrogen and oxygen atoms in total. The molecule has 2 aliphatic rings. The van der Waals surface area contributed by atoms with Crippen molar-refractivity contribution in [3.63, 3.8) is 0 Å². The molecule has 9 aromatic rings. The second-order valence-corrected chi connectivity index (χ2v) is 19.9. The smallest absolute Gasteiger partial charge is 0.329 e. The molecule has 0 spiro atoms. The minimum Gasteiger partial charge on any atom is -0.473 e. The fourth-order valence-corrected chi connectivity index (χ4v) is 8.88. The highest BCUT2D eigenvalue weighted by Crippen LogP contribution is 2.33. The Bertz CT molecular complexity index is 3900. The van der Waals surface area contributed by atoms with Gasteiger partial charge in [0.1, 0.15) is 43.4 Å². The quantitative estimate of drug-likeness (QED) is 0.0203. The molecule has 6 aromatic heterocycles. The zero-order chi connectivity index (χ0) is 61.9. The average molecular weight is 1250 g/mol. The minimum absolute atomic E-state index is 0.000478. The molecule has 8 N–H and O–H groups in total. The second-order valence-electron chi connectivity index (χ2n) is 18.7. The molecule has 3 aromatic carbocycles. The lowest BCUT2D eigenvalue weighted by atomic mass is 9.96. The molecule has 2 fully saturated rings. The lowest BCUT2D eigenvalue weighted by Gasteiger charge is -2.14. The van der Waals surface area contributed by atoms with Crippen molar-refractivity contribution in [3.05, 3.63) is 166 Å². The van der Waals surface area contributed by atoms with Gasteiger partial charge in [-0.3, -0.25) is 14.4 Å². The molecule has 0 bridgehead atoms. The number of halogens is 4. The van der Waals surface area contributed by atoms with Crippen LogP contribution >= 0.6 is 34.8 Å². The van der Waals surface area contributed by atoms with E-state index in [1.54, 1.807) is 67.0 Å². The number of pyridine rings is 3. The van der Waals surface area contributed by atoms with Crippen molar-refractivity contribution >= 4 is 128 Å². The number of oxazole rings is 3. The molecule has 2 atom stereocenters. The van der Waals surface area contributed by atoms with Gasteiger partial charge in [0.05, 0.1) is 38.3 Å². The predicted octanol–water partition coefficient (Wildman–Crippen LogP) is 8.09. The predicted molar refractivity (Wildman–Crippen MR) is 329 cm³/mol. The summed E-state index contributed by atoms with van der Waals surface area (Å²) in [4.78, 5) is 94.2. The van der Waals surface area contributed by atoms with Crippen LogP contribution in [0.4, 0.5) is 39.5 Å². The van der Waals surface area contributed by atoms with E-state index in [-0.39, 0.29) is 47.3 Å². The molecule has 3 radical (unpaired) electrons. The van der Waals surface area contributed by atoms with E-state index in [1.807, 2.05) is 35.1 Å². The molecule has 0 saturated carbocycles. The van der Waals surface area contributed by atoms with Crippen molar-refractivity contribution in [2.24, 2.45) is 0 Å². The Morgan fingerprint density at radius 1 is 0.591 bits per heavy atom. The number of amides is 3. The van der Waals surface area contributed by atoms with Crippen LogP contribution in [0, 0.1) is 5.95 Å². The van der Waals surface area contributed by atoms with Crippen LogP contribution in [0.3, 0.4) is 0 Å². The topological polar surface area (TPSA) is 339 Å². The molecule has 32 heteroatoms. The number of ether oxygens (including phenoxy) is 2. The number of benzene rings is 3. The van der Waals surface area contributed by atoms with Gasteiger partial charge in [-0.1, -0.05) is 53.0 Å². The number of nitrogens with one attached hydrogen (secondary N) is 6. The molecule has 3 amide bonds. The summed E-state index contributed by atoms with van der Waals surface area (Å²) in [7, 11) is 3.68. The third-order valence-corrected chi connectivity index (χ3v) is 13.6. The normalized spacial score (nSPS) is 14.1. The summed E-state index contributed by atoms with van der Waals surface area (Å²) in [5.74, 6) is -1.05. The average Bonchev–Trinajstić information content (AvgIpc) is 4.58. The van der Waals surface area contributed by atoms with Crippen molar-refractivity contribution in [2.75, 3.05) is 58.3 Å². The SMILES string of the molecule is Nc1nc(C(=O)Nc2cc(-c3ccc(OC4CCNC4)nc3)ccc2Cl)co1.O=C[B]Nc1nc(C(=O)Nc2cc(-c3ccc(F)nc3)ccc2Cl)co1.O=C[B]Nc1nc(C(=O)Nc2cc(-c3ccc(OC4CCN([B]C=O)C4)nc3)ccc2Cl)co1. The molecule has 8 heterocycles. The zero-order valence-electron chi connectivity index (χ0n) is 45.7. The van der Waals surface area contributed by atoms with Crippen LogP contribution < -0.4 is 46.9 Å².